The Labute approximate surface area is 67.8 Å². The molecular weight excluding hydrogens is 165 g/mol. The summed E-state index contributed by atoms with van der Waals surface area (Å²) in [5.74, 6) is 0.728. The Morgan fingerprint density at radius 2 is 2.60 bits per heavy atom. The molecule has 58 valence electrons. The van der Waals surface area contributed by atoms with Crippen LogP contribution in [0, 0.1) is 0 Å². The smallest absolute Gasteiger partial charge is 0.353 e. The van der Waals surface area contributed by atoms with Gasteiger partial charge < -0.3 is 4.72 Å². The third-order valence-corrected chi connectivity index (χ3v) is 5.79. The van der Waals surface area contributed by atoms with E-state index in [-0.39, 0.29) is 0 Å². The van der Waals surface area contributed by atoms with Crippen molar-refractivity contribution in [2.24, 2.45) is 9.08 Å². The minimum absolute atomic E-state index is 0.458. The molecule has 0 aromatic rings. The Balaban J connectivity index is 2.68. The van der Waals surface area contributed by atoms with Gasteiger partial charge >= 0.3 is 15.4 Å². The Kier molecular flexibility index (Phi) is 2.72. The molecule has 1 rings (SSSR count). The van der Waals surface area contributed by atoms with E-state index in [4.69, 9.17) is 4.72 Å². The van der Waals surface area contributed by atoms with Crippen LogP contribution in [-0.4, -0.2) is 39.0 Å². The molecule has 0 aliphatic carbocycles. The first-order chi connectivity index (χ1) is 4.70. The van der Waals surface area contributed by atoms with Crippen LogP contribution in [0.3, 0.4) is 0 Å². The summed E-state index contributed by atoms with van der Waals surface area (Å²) in [6, 6.07) is 0. The number of hydrogen-bond acceptors (Lipinski definition) is 3. The van der Waals surface area contributed by atoms with Crippen molar-refractivity contribution in [3.05, 3.63) is 0 Å². The standard InChI is InChI=1S/C4H9N2OS.Al.H2N.H/c1-5-8(7)4-2-3-6-8;;;/h2H,3-4H2,1H3,(H,5,6,7);;1H2;/q;+1;-1;/p+1. The van der Waals surface area contributed by atoms with Crippen molar-refractivity contribution < 1.29 is 8.93 Å². The molecule has 2 unspecified atom stereocenters. The van der Waals surface area contributed by atoms with Gasteiger partial charge in [0.15, 0.2) is 9.92 Å². The first kappa shape index (κ1) is 8.50. The first-order valence-corrected chi connectivity index (χ1v) is 6.74. The van der Waals surface area contributed by atoms with Crippen molar-refractivity contribution in [2.45, 2.75) is 4.78 Å². The zero-order valence-electron chi connectivity index (χ0n) is 6.12. The highest BCUT2D eigenvalue weighted by Gasteiger charge is 2.29. The highest BCUT2D eigenvalue weighted by molar-refractivity contribution is 7.87. The van der Waals surface area contributed by atoms with Crippen LogP contribution in [0.4, 0.5) is 0 Å². The van der Waals surface area contributed by atoms with Crippen LogP contribution in [0.5, 0.6) is 0 Å². The van der Waals surface area contributed by atoms with E-state index in [2.05, 4.69) is 4.36 Å². The summed E-state index contributed by atoms with van der Waals surface area (Å²) in [5, 5.41) is 0. The van der Waals surface area contributed by atoms with E-state index in [9.17, 15) is 4.21 Å². The fraction of sp³-hybridized carbons (Fsp3) is 1.00. The number of quaternary nitrogens is 1. The molecule has 1 saturated heterocycles. The molecule has 1 heterocycles. The molecule has 1 aliphatic rings. The van der Waals surface area contributed by atoms with Gasteiger partial charge in [-0.2, -0.15) is 8.57 Å². The molecule has 0 aromatic heterocycles. The summed E-state index contributed by atoms with van der Waals surface area (Å²) in [6.07, 6.45) is 0. The number of nitrogens with zero attached hydrogens (tertiary/aromatic N) is 1. The summed E-state index contributed by atoms with van der Waals surface area (Å²) in [5.41, 5.74) is 0. The van der Waals surface area contributed by atoms with Crippen LogP contribution in [-0.2, 0) is 9.92 Å². The predicted octanol–water partition coefficient (Wildman–Crippen LogP) is -2.33. The second-order valence-electron chi connectivity index (χ2n) is 2.54. The Bertz CT molecular complexity index is 223. The largest absolute Gasteiger partial charge is 0.415 e. The maximum absolute atomic E-state index is 11.5. The fourth-order valence-corrected chi connectivity index (χ4v) is 5.05. The lowest BCUT2D eigenvalue weighted by Gasteiger charge is -1.92. The number of hydrogen-bond donors (Lipinski definition) is 2. The van der Waals surface area contributed by atoms with Crippen molar-refractivity contribution in [1.82, 2.24) is 0 Å². The van der Waals surface area contributed by atoms with E-state index in [0.29, 0.717) is 4.78 Å². The molecule has 4 N–H and O–H groups in total. The van der Waals surface area contributed by atoms with Crippen molar-refractivity contribution in [1.29, 1.82) is 0 Å². The molecule has 1 fully saturated rings. The van der Waals surface area contributed by atoms with E-state index >= 15 is 0 Å². The first-order valence-electron chi connectivity index (χ1n) is 3.36. The third-order valence-electron chi connectivity index (χ3n) is 1.81. The SMILES string of the molecule is CN=S1(=O)C[CH]([AlH][NH2])C[NH2+]1. The van der Waals surface area contributed by atoms with Gasteiger partial charge in [-0.3, -0.25) is 4.72 Å². The highest BCUT2D eigenvalue weighted by atomic mass is 32.2. The van der Waals surface area contributed by atoms with Gasteiger partial charge in [0, 0.05) is 7.05 Å². The Hall–Kier alpha value is 0.402. The molecule has 4 nitrogen and oxygen atoms in total. The molecule has 10 heavy (non-hydrogen) atoms. The van der Waals surface area contributed by atoms with Gasteiger partial charge in [-0.15, -0.1) is 0 Å². The van der Waals surface area contributed by atoms with Gasteiger partial charge in [-0.1, -0.05) is 0 Å². The lowest BCUT2D eigenvalue weighted by molar-refractivity contribution is -0.482. The zero-order chi connectivity index (χ0) is 7.61. The fourth-order valence-electron chi connectivity index (χ4n) is 1.07. The summed E-state index contributed by atoms with van der Waals surface area (Å²) in [6.45, 7) is 0.929. The minimum Gasteiger partial charge on any atom is -0.415 e. The second-order valence-corrected chi connectivity index (χ2v) is 6.58. The van der Waals surface area contributed by atoms with Crippen LogP contribution < -0.4 is 9.44 Å². The van der Waals surface area contributed by atoms with Crippen molar-refractivity contribution in [3.63, 3.8) is 0 Å². The van der Waals surface area contributed by atoms with Crippen LogP contribution >= 0.6 is 0 Å². The van der Waals surface area contributed by atoms with E-state index < -0.39 is 25.4 Å². The van der Waals surface area contributed by atoms with Crippen LogP contribution in [0.1, 0.15) is 0 Å². The normalized spacial score (nSPS) is 39.6. The third kappa shape index (κ3) is 1.71. The molecule has 0 bridgehead atoms. The maximum atomic E-state index is 11.5. The molecule has 6 heteroatoms. The van der Waals surface area contributed by atoms with Gasteiger partial charge in [0.05, 0.1) is 12.3 Å². The van der Waals surface area contributed by atoms with Crippen LogP contribution in [0.25, 0.3) is 0 Å². The molecule has 2 atom stereocenters. The highest BCUT2D eigenvalue weighted by Crippen LogP contribution is 2.06. The molecule has 1 aliphatic heterocycles. The Morgan fingerprint density at radius 1 is 1.90 bits per heavy atom. The van der Waals surface area contributed by atoms with Gasteiger partial charge in [0.25, 0.3) is 0 Å². The van der Waals surface area contributed by atoms with E-state index in [1.807, 2.05) is 4.72 Å². The minimum atomic E-state index is -1.90. The average molecular weight is 178 g/mol. The topological polar surface area (TPSA) is 72.1 Å². The van der Waals surface area contributed by atoms with Gasteiger partial charge in [0.1, 0.15) is 0 Å². The van der Waals surface area contributed by atoms with E-state index in [1.54, 1.807) is 7.05 Å². The lowest BCUT2D eigenvalue weighted by atomic mass is 10.5. The van der Waals surface area contributed by atoms with Gasteiger partial charge in [-0.05, 0) is 4.78 Å². The quantitative estimate of drug-likeness (QED) is 0.442. The monoisotopic (exact) mass is 178 g/mol. The lowest BCUT2D eigenvalue weighted by Crippen LogP contribution is -2.84. The van der Waals surface area contributed by atoms with Gasteiger partial charge in [-0.25, -0.2) is 0 Å². The molecule has 0 spiro atoms. The number of rotatable bonds is 1. The van der Waals surface area contributed by atoms with Gasteiger partial charge in [0.2, 0.25) is 0 Å². The summed E-state index contributed by atoms with van der Waals surface area (Å²) in [7, 11) is -0.274. The summed E-state index contributed by atoms with van der Waals surface area (Å²) < 4.78 is 23.3. The summed E-state index contributed by atoms with van der Waals surface area (Å²) >= 11 is -0.458. The second kappa shape index (κ2) is 3.20. The molecule has 0 amide bonds. The molecule has 0 saturated carbocycles. The molecule has 0 radical (unpaired) electrons. The van der Waals surface area contributed by atoms with E-state index in [1.165, 1.54) is 0 Å². The van der Waals surface area contributed by atoms with Crippen LogP contribution in [0.15, 0.2) is 4.36 Å². The van der Waals surface area contributed by atoms with Crippen molar-refractivity contribution >= 4 is 25.4 Å². The van der Waals surface area contributed by atoms with Crippen molar-refractivity contribution in [3.8, 4) is 0 Å². The van der Waals surface area contributed by atoms with Crippen molar-refractivity contribution in [2.75, 3.05) is 19.3 Å². The number of nitrogens with two attached hydrogens (primary N) is 2. The zero-order valence-corrected chi connectivity index (χ0v) is 8.35. The molecular formula is C4H13AlN3OS+. The Morgan fingerprint density at radius 3 is 2.90 bits per heavy atom. The predicted molar refractivity (Wildman–Crippen MR) is 43.2 cm³/mol. The maximum Gasteiger partial charge on any atom is 0.353 e. The summed E-state index contributed by atoms with van der Waals surface area (Å²) in [4.78, 5) is 0. The van der Waals surface area contributed by atoms with E-state index in [0.717, 1.165) is 12.3 Å². The average Bonchev–Trinajstić information content (AvgIpc) is 2.33. The molecule has 0 aromatic carbocycles. The van der Waals surface area contributed by atoms with Crippen LogP contribution in [0.2, 0.25) is 4.78 Å².